The maximum absolute atomic E-state index is 11.8. The molecule has 0 bridgehead atoms. The lowest BCUT2D eigenvalue weighted by atomic mass is 10.0. The number of likely N-dealkylation sites (tertiary alicyclic amines) is 1. The van der Waals surface area contributed by atoms with E-state index in [1.54, 1.807) is 6.07 Å². The lowest BCUT2D eigenvalue weighted by Crippen LogP contribution is -2.44. The van der Waals surface area contributed by atoms with Crippen LogP contribution in [0.3, 0.4) is 0 Å². The van der Waals surface area contributed by atoms with Crippen molar-refractivity contribution in [3.8, 4) is 0 Å². The number of halogens is 2. The van der Waals surface area contributed by atoms with Crippen molar-refractivity contribution in [2.75, 3.05) is 13.7 Å². The van der Waals surface area contributed by atoms with Gasteiger partial charge in [0.2, 0.25) is 0 Å². The molecule has 2 rings (SSSR count). The second-order valence-electron chi connectivity index (χ2n) is 4.72. The molecule has 1 saturated heterocycles. The molecule has 19 heavy (non-hydrogen) atoms. The Bertz CT molecular complexity index is 465. The predicted octanol–water partition coefficient (Wildman–Crippen LogP) is 3.52. The first kappa shape index (κ1) is 14.6. The minimum absolute atomic E-state index is 0.169. The summed E-state index contributed by atoms with van der Waals surface area (Å²) >= 11 is 12.2. The summed E-state index contributed by atoms with van der Waals surface area (Å²) in [6, 6.07) is 5.41. The zero-order valence-electron chi connectivity index (χ0n) is 10.9. The number of methoxy groups -OCH3 is 1. The van der Waals surface area contributed by atoms with Gasteiger partial charge >= 0.3 is 5.97 Å². The van der Waals surface area contributed by atoms with Crippen molar-refractivity contribution in [1.82, 2.24) is 4.90 Å². The van der Waals surface area contributed by atoms with Gasteiger partial charge in [-0.25, -0.2) is 0 Å². The van der Waals surface area contributed by atoms with Gasteiger partial charge in [0.25, 0.3) is 0 Å². The number of carbonyl (C=O) groups is 1. The Hall–Kier alpha value is -0.770. The highest BCUT2D eigenvalue weighted by atomic mass is 35.5. The van der Waals surface area contributed by atoms with Gasteiger partial charge in [-0.15, -0.1) is 0 Å². The third-order valence-electron chi connectivity index (χ3n) is 3.49. The Morgan fingerprint density at radius 1 is 1.42 bits per heavy atom. The summed E-state index contributed by atoms with van der Waals surface area (Å²) < 4.78 is 4.87. The van der Waals surface area contributed by atoms with Crippen LogP contribution in [-0.4, -0.2) is 30.6 Å². The van der Waals surface area contributed by atoms with Crippen LogP contribution in [0.25, 0.3) is 0 Å². The summed E-state index contributed by atoms with van der Waals surface area (Å²) in [5, 5.41) is 1.11. The highest BCUT2D eigenvalue weighted by molar-refractivity contribution is 6.42. The lowest BCUT2D eigenvalue weighted by molar-refractivity contribution is -0.148. The molecule has 0 saturated carbocycles. The van der Waals surface area contributed by atoms with Gasteiger partial charge in [-0.2, -0.15) is 0 Å². The summed E-state index contributed by atoms with van der Waals surface area (Å²) in [7, 11) is 1.43. The molecule has 1 aliphatic heterocycles. The van der Waals surface area contributed by atoms with Crippen molar-refractivity contribution in [3.63, 3.8) is 0 Å². The van der Waals surface area contributed by atoms with Crippen molar-refractivity contribution >= 4 is 29.2 Å². The van der Waals surface area contributed by atoms with Crippen LogP contribution in [0, 0.1) is 0 Å². The van der Waals surface area contributed by atoms with Gasteiger partial charge in [-0.1, -0.05) is 41.8 Å². The molecule has 1 fully saturated rings. The van der Waals surface area contributed by atoms with Gasteiger partial charge in [0.05, 0.1) is 17.2 Å². The molecule has 1 unspecified atom stereocenters. The molecule has 0 spiro atoms. The number of nitrogens with zero attached hydrogens (tertiary/aromatic N) is 1. The molecule has 1 aliphatic rings. The second-order valence-corrected chi connectivity index (χ2v) is 5.50. The molecule has 0 aromatic heterocycles. The minimum atomic E-state index is -0.172. The average molecular weight is 302 g/mol. The van der Waals surface area contributed by atoms with E-state index in [9.17, 15) is 4.79 Å². The number of hydrogen-bond acceptors (Lipinski definition) is 3. The van der Waals surface area contributed by atoms with E-state index in [-0.39, 0.29) is 12.0 Å². The summed E-state index contributed by atoms with van der Waals surface area (Å²) in [6.45, 7) is 1.50. The highest BCUT2D eigenvalue weighted by Gasteiger charge is 2.29. The first-order chi connectivity index (χ1) is 9.13. The number of piperidine rings is 1. The van der Waals surface area contributed by atoms with E-state index in [2.05, 4.69) is 4.90 Å². The fourth-order valence-electron chi connectivity index (χ4n) is 2.47. The SMILES string of the molecule is COC(=O)C1CCCCN1Cc1cccc(Cl)c1Cl. The third-order valence-corrected chi connectivity index (χ3v) is 4.35. The monoisotopic (exact) mass is 301 g/mol. The fourth-order valence-corrected chi connectivity index (χ4v) is 2.85. The summed E-state index contributed by atoms with van der Waals surface area (Å²) in [5.74, 6) is -0.169. The van der Waals surface area contributed by atoms with Gasteiger partial charge in [-0.05, 0) is 31.0 Å². The van der Waals surface area contributed by atoms with Crippen LogP contribution in [0.2, 0.25) is 10.0 Å². The van der Waals surface area contributed by atoms with Crippen molar-refractivity contribution in [3.05, 3.63) is 33.8 Å². The van der Waals surface area contributed by atoms with E-state index in [0.717, 1.165) is 31.4 Å². The van der Waals surface area contributed by atoms with E-state index in [1.165, 1.54) is 7.11 Å². The predicted molar refractivity (Wildman–Crippen MR) is 76.5 cm³/mol. The smallest absolute Gasteiger partial charge is 0.323 e. The fraction of sp³-hybridized carbons (Fsp3) is 0.500. The highest BCUT2D eigenvalue weighted by Crippen LogP contribution is 2.28. The molecule has 0 N–H and O–H groups in total. The number of benzene rings is 1. The Balaban J connectivity index is 2.15. The Kier molecular flexibility index (Phi) is 5.08. The quantitative estimate of drug-likeness (QED) is 0.800. The number of esters is 1. The Morgan fingerprint density at radius 3 is 2.95 bits per heavy atom. The van der Waals surface area contributed by atoms with Gasteiger partial charge in [0, 0.05) is 6.54 Å². The van der Waals surface area contributed by atoms with Gasteiger partial charge < -0.3 is 4.74 Å². The van der Waals surface area contributed by atoms with Crippen molar-refractivity contribution in [2.24, 2.45) is 0 Å². The van der Waals surface area contributed by atoms with E-state index in [1.807, 2.05) is 12.1 Å². The first-order valence-electron chi connectivity index (χ1n) is 6.38. The van der Waals surface area contributed by atoms with Crippen LogP contribution < -0.4 is 0 Å². The minimum Gasteiger partial charge on any atom is -0.468 e. The molecule has 0 amide bonds. The van der Waals surface area contributed by atoms with Gasteiger partial charge in [0.1, 0.15) is 6.04 Å². The maximum atomic E-state index is 11.8. The number of carbonyl (C=O) groups excluding carboxylic acids is 1. The first-order valence-corrected chi connectivity index (χ1v) is 7.14. The molecule has 3 nitrogen and oxygen atoms in total. The average Bonchev–Trinajstić information content (AvgIpc) is 2.43. The third kappa shape index (κ3) is 3.41. The van der Waals surface area contributed by atoms with Crippen LogP contribution in [0.15, 0.2) is 18.2 Å². The standard InChI is InChI=1S/C14H17Cl2NO2/c1-19-14(18)12-7-2-3-8-17(12)9-10-5-4-6-11(15)13(10)16/h4-6,12H,2-3,7-9H2,1H3. The van der Waals surface area contributed by atoms with Gasteiger partial charge in [-0.3, -0.25) is 9.69 Å². The zero-order chi connectivity index (χ0) is 13.8. The summed E-state index contributed by atoms with van der Waals surface area (Å²) in [6.07, 6.45) is 2.98. The largest absolute Gasteiger partial charge is 0.468 e. The van der Waals surface area contributed by atoms with E-state index >= 15 is 0 Å². The number of hydrogen-bond donors (Lipinski definition) is 0. The zero-order valence-corrected chi connectivity index (χ0v) is 12.4. The molecule has 1 atom stereocenters. The molecule has 0 radical (unpaired) electrons. The van der Waals surface area contributed by atoms with Crippen LogP contribution in [0.1, 0.15) is 24.8 Å². The molecular formula is C14H17Cl2NO2. The second kappa shape index (κ2) is 6.60. The van der Waals surface area contributed by atoms with Crippen LogP contribution in [-0.2, 0) is 16.1 Å². The van der Waals surface area contributed by atoms with E-state index in [4.69, 9.17) is 27.9 Å². The molecule has 1 aromatic carbocycles. The topological polar surface area (TPSA) is 29.5 Å². The number of rotatable bonds is 3. The molecule has 1 heterocycles. The molecule has 104 valence electrons. The van der Waals surface area contributed by atoms with Crippen LogP contribution >= 0.6 is 23.2 Å². The normalized spacial score (nSPS) is 20.3. The molecule has 1 aromatic rings. The lowest BCUT2D eigenvalue weighted by Gasteiger charge is -2.33. The maximum Gasteiger partial charge on any atom is 0.323 e. The Labute approximate surface area is 123 Å². The van der Waals surface area contributed by atoms with Crippen molar-refractivity contribution in [2.45, 2.75) is 31.8 Å². The summed E-state index contributed by atoms with van der Waals surface area (Å²) in [5.41, 5.74) is 0.949. The van der Waals surface area contributed by atoms with Crippen molar-refractivity contribution in [1.29, 1.82) is 0 Å². The van der Waals surface area contributed by atoms with Gasteiger partial charge in [0.15, 0.2) is 0 Å². The van der Waals surface area contributed by atoms with Crippen LogP contribution in [0.4, 0.5) is 0 Å². The summed E-state index contributed by atoms with van der Waals surface area (Å²) in [4.78, 5) is 13.9. The number of ether oxygens (including phenoxy) is 1. The van der Waals surface area contributed by atoms with Crippen molar-refractivity contribution < 1.29 is 9.53 Å². The van der Waals surface area contributed by atoms with E-state index in [0.29, 0.717) is 16.6 Å². The molecule has 5 heteroatoms. The molecule has 0 aliphatic carbocycles. The van der Waals surface area contributed by atoms with Crippen LogP contribution in [0.5, 0.6) is 0 Å². The van der Waals surface area contributed by atoms with E-state index < -0.39 is 0 Å². The Morgan fingerprint density at radius 2 is 2.21 bits per heavy atom. The molecular weight excluding hydrogens is 285 g/mol.